The summed E-state index contributed by atoms with van der Waals surface area (Å²) in [6.07, 6.45) is 7.01. The molecule has 2 aliphatic carbocycles. The molecule has 2 unspecified atom stereocenters. The van der Waals surface area contributed by atoms with Gasteiger partial charge in [-0.1, -0.05) is 75.2 Å². The van der Waals surface area contributed by atoms with Gasteiger partial charge in [0.15, 0.2) is 0 Å². The molecule has 4 aliphatic rings. The molecule has 0 aromatic heterocycles. The van der Waals surface area contributed by atoms with Crippen LogP contribution in [0.15, 0.2) is 70.8 Å². The normalized spacial score (nSPS) is 20.9. The topological polar surface area (TPSA) is 6.48 Å². The fourth-order valence-electron chi connectivity index (χ4n) is 5.27. The van der Waals surface area contributed by atoms with E-state index < -0.39 is 0 Å². The SMILES string of the molecule is CC1=C(C)C2C(=[C-]1)c1ccccc1N2C.CC1=C(C)C2C(=[C-]1)c1ccccc1N2C.[CH3-].[CH3-].[Hf+4]. The Bertz CT molecular complexity index is 1090. The molecule has 6 rings (SSSR count). The van der Waals surface area contributed by atoms with E-state index in [1.54, 1.807) is 0 Å². The van der Waals surface area contributed by atoms with Crippen LogP contribution in [0.4, 0.5) is 11.4 Å². The number of likely N-dealkylation sites (N-methyl/N-ethyl adjacent to an activating group) is 2. The second-order valence-corrected chi connectivity index (χ2v) is 8.75. The first-order valence-electron chi connectivity index (χ1n) is 10.7. The average Bonchev–Trinajstić information content (AvgIpc) is 3.41. The Hall–Kier alpha value is -2.13. The third-order valence-corrected chi connectivity index (χ3v) is 7.12. The number of hydrogen-bond donors (Lipinski definition) is 0. The smallest absolute Gasteiger partial charge is 0.386 e. The monoisotopic (exact) mass is 602 g/mol. The molecular formula is C30H34HfN2. The van der Waals surface area contributed by atoms with Crippen molar-refractivity contribution < 1.29 is 25.8 Å². The number of rotatable bonds is 0. The van der Waals surface area contributed by atoms with Crippen LogP contribution in [0.3, 0.4) is 0 Å². The standard InChI is InChI=1S/2C14H14N.2CH3.Hf/c2*1-9-8-12-11-6-4-5-7-13(11)15(3)14(12)10(9)2;;;/h2*4-7,14H,1-3H3;2*1H3;/q4*-1;+4. The number of benzene rings is 2. The summed E-state index contributed by atoms with van der Waals surface area (Å²) in [6.45, 7) is 8.72. The minimum Gasteiger partial charge on any atom is -0.386 e. The molecule has 0 bridgehead atoms. The van der Waals surface area contributed by atoms with E-state index in [0.29, 0.717) is 12.1 Å². The zero-order valence-corrected chi connectivity index (χ0v) is 24.8. The summed E-state index contributed by atoms with van der Waals surface area (Å²) < 4.78 is 0. The van der Waals surface area contributed by atoms with Crippen LogP contribution in [-0.4, -0.2) is 26.2 Å². The van der Waals surface area contributed by atoms with E-state index in [1.165, 1.54) is 55.9 Å². The van der Waals surface area contributed by atoms with Crippen LogP contribution >= 0.6 is 0 Å². The van der Waals surface area contributed by atoms with E-state index in [1.807, 2.05) is 0 Å². The molecule has 2 aliphatic heterocycles. The van der Waals surface area contributed by atoms with Gasteiger partial charge in [-0.05, 0) is 11.4 Å². The van der Waals surface area contributed by atoms with Crippen molar-refractivity contribution in [1.82, 2.24) is 0 Å². The van der Waals surface area contributed by atoms with Crippen molar-refractivity contribution in [3.8, 4) is 0 Å². The molecule has 0 N–H and O–H groups in total. The maximum atomic E-state index is 3.51. The fourth-order valence-corrected chi connectivity index (χ4v) is 5.27. The first-order chi connectivity index (χ1) is 14.4. The Kier molecular flexibility index (Phi) is 8.23. The number of anilines is 2. The van der Waals surface area contributed by atoms with E-state index in [-0.39, 0.29) is 40.7 Å². The van der Waals surface area contributed by atoms with Gasteiger partial charge >= 0.3 is 25.8 Å². The van der Waals surface area contributed by atoms with Gasteiger partial charge in [0.1, 0.15) is 0 Å². The van der Waals surface area contributed by atoms with Crippen LogP contribution in [0, 0.1) is 27.0 Å². The van der Waals surface area contributed by atoms with Crippen molar-refractivity contribution >= 4 is 22.5 Å². The van der Waals surface area contributed by atoms with Crippen LogP contribution in [0.25, 0.3) is 11.1 Å². The first kappa shape index (κ1) is 27.1. The molecule has 2 aromatic carbocycles. The summed E-state index contributed by atoms with van der Waals surface area (Å²) >= 11 is 0. The summed E-state index contributed by atoms with van der Waals surface area (Å²) in [7, 11) is 4.33. The van der Waals surface area contributed by atoms with Crippen LogP contribution < -0.4 is 9.80 Å². The quantitative estimate of drug-likeness (QED) is 0.238. The van der Waals surface area contributed by atoms with Crippen molar-refractivity contribution in [2.24, 2.45) is 0 Å². The summed E-state index contributed by atoms with van der Waals surface area (Å²) in [5, 5.41) is 0. The van der Waals surface area contributed by atoms with E-state index >= 15 is 0 Å². The minimum absolute atomic E-state index is 0. The summed E-state index contributed by atoms with van der Waals surface area (Å²) in [6, 6.07) is 18.0. The molecule has 0 fully saturated rings. The predicted molar refractivity (Wildman–Crippen MR) is 140 cm³/mol. The molecule has 2 heterocycles. The molecule has 168 valence electrons. The molecule has 0 spiro atoms. The second-order valence-electron chi connectivity index (χ2n) is 8.75. The van der Waals surface area contributed by atoms with E-state index in [9.17, 15) is 0 Å². The minimum atomic E-state index is 0. The third-order valence-electron chi connectivity index (χ3n) is 7.12. The molecule has 2 aromatic rings. The van der Waals surface area contributed by atoms with Gasteiger partial charge in [-0.2, -0.15) is 23.3 Å². The molecular weight excluding hydrogens is 567 g/mol. The Morgan fingerprint density at radius 1 is 0.606 bits per heavy atom. The summed E-state index contributed by atoms with van der Waals surface area (Å²) in [4.78, 5) is 4.70. The van der Waals surface area contributed by atoms with Gasteiger partial charge in [0, 0.05) is 26.2 Å². The molecule has 0 radical (unpaired) electrons. The van der Waals surface area contributed by atoms with Crippen molar-refractivity contribution in [3.63, 3.8) is 0 Å². The average molecular weight is 601 g/mol. The number of para-hydroxylation sites is 2. The Morgan fingerprint density at radius 2 is 0.939 bits per heavy atom. The molecule has 3 heteroatoms. The van der Waals surface area contributed by atoms with Gasteiger partial charge in [0.2, 0.25) is 0 Å². The maximum Gasteiger partial charge on any atom is 4.00 e. The maximum absolute atomic E-state index is 3.51. The molecule has 33 heavy (non-hydrogen) atoms. The zero-order chi connectivity index (χ0) is 21.2. The van der Waals surface area contributed by atoms with E-state index in [2.05, 4.69) is 112 Å². The fraction of sp³-hybridized carbons (Fsp3) is 0.267. The zero-order valence-electron chi connectivity index (χ0n) is 21.2. The number of fused-ring (bicyclic) bond motifs is 6. The van der Waals surface area contributed by atoms with Crippen LogP contribution in [0.5, 0.6) is 0 Å². The van der Waals surface area contributed by atoms with Gasteiger partial charge in [0.05, 0.1) is 0 Å². The van der Waals surface area contributed by atoms with Crippen molar-refractivity contribution in [3.05, 3.63) is 109 Å². The third kappa shape index (κ3) is 4.03. The van der Waals surface area contributed by atoms with E-state index in [0.717, 1.165) is 0 Å². The van der Waals surface area contributed by atoms with Crippen LogP contribution in [0.2, 0.25) is 0 Å². The molecule has 2 atom stereocenters. The van der Waals surface area contributed by atoms with Crippen molar-refractivity contribution in [2.75, 3.05) is 23.9 Å². The Labute approximate surface area is 220 Å². The van der Waals surface area contributed by atoms with Gasteiger partial charge in [-0.25, -0.2) is 0 Å². The van der Waals surface area contributed by atoms with Crippen LogP contribution in [0.1, 0.15) is 38.8 Å². The summed E-state index contributed by atoms with van der Waals surface area (Å²) in [5.41, 5.74) is 13.5. The largest absolute Gasteiger partial charge is 4.00 e. The first-order valence-corrected chi connectivity index (χ1v) is 10.7. The molecule has 0 saturated heterocycles. The Morgan fingerprint density at radius 3 is 1.30 bits per heavy atom. The summed E-state index contributed by atoms with van der Waals surface area (Å²) in [5.74, 6) is 0. The molecule has 0 saturated carbocycles. The van der Waals surface area contributed by atoms with Gasteiger partial charge in [-0.15, -0.1) is 34.4 Å². The predicted octanol–water partition coefficient (Wildman–Crippen LogP) is 6.98. The van der Waals surface area contributed by atoms with Crippen molar-refractivity contribution in [1.29, 1.82) is 0 Å². The number of hydrogen-bond acceptors (Lipinski definition) is 2. The second kappa shape index (κ2) is 10.0. The number of allylic oxidation sites excluding steroid dienone is 4. The van der Waals surface area contributed by atoms with Crippen LogP contribution in [-0.2, 0) is 25.8 Å². The Balaban J connectivity index is 0.000000214. The van der Waals surface area contributed by atoms with Gasteiger partial charge < -0.3 is 24.7 Å². The van der Waals surface area contributed by atoms with Crippen molar-refractivity contribution in [2.45, 2.75) is 39.8 Å². The molecule has 2 nitrogen and oxygen atoms in total. The number of nitrogens with zero attached hydrogens (tertiary/aromatic N) is 2. The van der Waals surface area contributed by atoms with Gasteiger partial charge in [0.25, 0.3) is 0 Å². The molecule has 0 amide bonds. The van der Waals surface area contributed by atoms with E-state index in [4.69, 9.17) is 0 Å². The van der Waals surface area contributed by atoms with Gasteiger partial charge in [-0.3, -0.25) is 0 Å².